The first kappa shape index (κ1) is 40.8. The molecule has 0 bridgehead atoms. The lowest BCUT2D eigenvalue weighted by Gasteiger charge is -2.46. The number of nitrogens with one attached hydrogen (secondary N) is 2. The van der Waals surface area contributed by atoms with Crippen LogP contribution in [0.25, 0.3) is 0 Å². The molecule has 0 aromatic carbocycles. The number of methoxy groups -OCH3 is 1. The minimum Gasteiger partial charge on any atom is -0.481 e. The van der Waals surface area contributed by atoms with E-state index in [2.05, 4.69) is 20.1 Å². The van der Waals surface area contributed by atoms with E-state index in [0.717, 1.165) is 31.8 Å². The quantitative estimate of drug-likeness (QED) is 0.432. The number of pyridine rings is 2. The molecular weight excluding hydrogens is 758 g/mol. The van der Waals surface area contributed by atoms with E-state index in [9.17, 15) is 35.9 Å². The Morgan fingerprint density at radius 2 is 1.49 bits per heavy atom. The maximum absolute atomic E-state index is 12.9. The third-order valence-corrected chi connectivity index (χ3v) is 8.82. The summed E-state index contributed by atoms with van der Waals surface area (Å²) in [7, 11) is 1.29. The third kappa shape index (κ3) is 10.3. The molecule has 1 amide bonds. The molecule has 0 unspecified atom stereocenters. The lowest BCUT2D eigenvalue weighted by atomic mass is 10.0. The fourth-order valence-electron chi connectivity index (χ4n) is 6.27. The number of H-pyrrole nitrogens is 1. The number of piperazine rings is 2. The maximum atomic E-state index is 12.9. The summed E-state index contributed by atoms with van der Waals surface area (Å²) in [5.74, 6) is -0.0873. The number of fused-ring (bicyclic) bond motifs is 2. The van der Waals surface area contributed by atoms with Crippen molar-refractivity contribution in [2.75, 3.05) is 72.7 Å². The van der Waals surface area contributed by atoms with Crippen LogP contribution >= 0.6 is 17.0 Å². The fraction of sp³-hybridized carbons (Fsp3) is 0.656. The Kier molecular flexibility index (Phi) is 13.1. The SMILES string of the molecule is Br.COc1nc(C(F)(F)F)ccc1[C@@H]1CN2CCN(C(=O)OC(C)(C)C)C[C@H]2CO1.O=c1[nH]c(C(F)(F)F)ccc1[C@@H]1CN2CCNC[C@H]2CO1. The largest absolute Gasteiger partial charge is 0.481 e. The predicted molar refractivity (Wildman–Crippen MR) is 177 cm³/mol. The van der Waals surface area contributed by atoms with Crippen molar-refractivity contribution in [1.29, 1.82) is 0 Å². The highest BCUT2D eigenvalue weighted by molar-refractivity contribution is 8.93. The van der Waals surface area contributed by atoms with E-state index in [1.54, 1.807) is 4.90 Å². The van der Waals surface area contributed by atoms with Gasteiger partial charge < -0.3 is 34.1 Å². The summed E-state index contributed by atoms with van der Waals surface area (Å²) in [6, 6.07) is 4.67. The zero-order valence-electron chi connectivity index (χ0n) is 28.6. The molecule has 0 radical (unpaired) electrons. The normalized spacial score (nSPS) is 24.6. The monoisotopic (exact) mass is 800 g/mol. The molecule has 4 aliphatic heterocycles. The molecule has 0 saturated carbocycles. The van der Waals surface area contributed by atoms with Crippen LogP contribution in [0.15, 0.2) is 29.1 Å². The highest BCUT2D eigenvalue weighted by atomic mass is 79.9. The Morgan fingerprint density at radius 3 is 2.10 bits per heavy atom. The molecule has 4 fully saturated rings. The van der Waals surface area contributed by atoms with Gasteiger partial charge >= 0.3 is 18.4 Å². The van der Waals surface area contributed by atoms with E-state index in [1.807, 2.05) is 25.8 Å². The van der Waals surface area contributed by atoms with Gasteiger partial charge in [-0.25, -0.2) is 9.78 Å². The number of amides is 1. The van der Waals surface area contributed by atoms with Gasteiger partial charge in [0.1, 0.15) is 29.2 Å². The predicted octanol–water partition coefficient (Wildman–Crippen LogP) is 4.42. The van der Waals surface area contributed by atoms with Crippen molar-refractivity contribution >= 4 is 23.1 Å². The molecule has 2 aromatic rings. The minimum atomic E-state index is -4.55. The summed E-state index contributed by atoms with van der Waals surface area (Å²) in [6.45, 7) is 11.4. The molecule has 2 N–H and O–H groups in total. The van der Waals surface area contributed by atoms with E-state index >= 15 is 0 Å². The second kappa shape index (κ2) is 16.4. The molecule has 0 spiro atoms. The van der Waals surface area contributed by atoms with Crippen molar-refractivity contribution in [3.8, 4) is 5.88 Å². The Hall–Kier alpha value is -2.97. The van der Waals surface area contributed by atoms with Crippen LogP contribution in [0, 0.1) is 0 Å². The number of aromatic amines is 1. The summed E-state index contributed by atoms with van der Waals surface area (Å²) in [6.07, 6.45) is -10.4. The van der Waals surface area contributed by atoms with Crippen molar-refractivity contribution in [1.82, 2.24) is 30.0 Å². The number of hydrogen-bond donors (Lipinski definition) is 2. The molecule has 12 nitrogen and oxygen atoms in total. The Balaban J connectivity index is 0.000000235. The van der Waals surface area contributed by atoms with Gasteiger partial charge in [0.2, 0.25) is 5.88 Å². The van der Waals surface area contributed by atoms with Crippen molar-refractivity contribution in [2.24, 2.45) is 0 Å². The van der Waals surface area contributed by atoms with Gasteiger partial charge in [0.15, 0.2) is 0 Å². The van der Waals surface area contributed by atoms with Gasteiger partial charge in [-0.3, -0.25) is 14.6 Å². The molecule has 6 heterocycles. The fourth-order valence-corrected chi connectivity index (χ4v) is 6.27. The molecule has 6 rings (SSSR count). The van der Waals surface area contributed by atoms with Crippen molar-refractivity contribution in [3.05, 3.63) is 57.1 Å². The zero-order chi connectivity index (χ0) is 36.4. The van der Waals surface area contributed by atoms with E-state index in [1.165, 1.54) is 19.2 Å². The molecule has 286 valence electrons. The van der Waals surface area contributed by atoms with Crippen LogP contribution in [-0.2, 0) is 26.6 Å². The molecular formula is C32H43BrF6N6O6. The Morgan fingerprint density at radius 1 is 0.863 bits per heavy atom. The van der Waals surface area contributed by atoms with E-state index < -0.39 is 47.1 Å². The molecule has 4 atom stereocenters. The molecule has 0 aliphatic carbocycles. The summed E-state index contributed by atoms with van der Waals surface area (Å²) in [5.41, 5.74) is -2.60. The Labute approximate surface area is 301 Å². The summed E-state index contributed by atoms with van der Waals surface area (Å²) < 4.78 is 98.4. The number of aromatic nitrogens is 2. The van der Waals surface area contributed by atoms with Gasteiger partial charge in [-0.2, -0.15) is 26.3 Å². The first-order valence-electron chi connectivity index (χ1n) is 16.3. The van der Waals surface area contributed by atoms with Crippen molar-refractivity contribution in [3.63, 3.8) is 0 Å². The van der Waals surface area contributed by atoms with Crippen LogP contribution in [0.4, 0.5) is 31.1 Å². The topological polar surface area (TPSA) is 121 Å². The molecule has 4 aliphatic rings. The van der Waals surface area contributed by atoms with E-state index in [4.69, 9.17) is 18.9 Å². The average Bonchev–Trinajstić information content (AvgIpc) is 3.06. The minimum absolute atomic E-state index is 0. The van der Waals surface area contributed by atoms with Crippen molar-refractivity contribution in [2.45, 2.75) is 63.0 Å². The number of halogens is 7. The van der Waals surface area contributed by atoms with Crippen LogP contribution in [-0.4, -0.2) is 121 Å². The van der Waals surface area contributed by atoms with Crippen molar-refractivity contribution < 1.29 is 50.1 Å². The van der Waals surface area contributed by atoms with E-state index in [-0.39, 0.29) is 46.6 Å². The highest BCUT2D eigenvalue weighted by Gasteiger charge is 2.39. The van der Waals surface area contributed by atoms with E-state index in [0.29, 0.717) is 51.5 Å². The van der Waals surface area contributed by atoms with Gasteiger partial charge in [0.05, 0.1) is 26.4 Å². The molecule has 4 saturated heterocycles. The number of hydrogen-bond acceptors (Lipinski definition) is 10. The summed E-state index contributed by atoms with van der Waals surface area (Å²) >= 11 is 0. The average molecular weight is 802 g/mol. The zero-order valence-corrected chi connectivity index (χ0v) is 30.3. The summed E-state index contributed by atoms with van der Waals surface area (Å²) in [5, 5.41) is 3.26. The third-order valence-electron chi connectivity index (χ3n) is 8.82. The Bertz CT molecular complexity index is 1560. The van der Waals surface area contributed by atoms with Gasteiger partial charge in [-0.15, -0.1) is 17.0 Å². The maximum Gasteiger partial charge on any atom is 0.433 e. The number of carbonyl (C=O) groups excluding carboxylic acids is 1. The number of alkyl halides is 6. The molecule has 19 heteroatoms. The van der Waals surface area contributed by atoms with Crippen LogP contribution in [0.1, 0.15) is 55.5 Å². The standard InChI is InChI=1S/C19H26F3N3O4.C13H16F3N3O2.BrH/c1-18(2,3)29-17(26)25-8-7-24-10-14(28-11-12(24)9-25)13-5-6-15(19(20,21)22)23-16(13)27-4;14-13(15,16)11-2-1-9(12(20)18-11)10-6-19-4-3-17-5-8(19)7-21-10;/h5-6,12,14H,7-11H2,1-4H3;1-2,8,10,17H,3-7H2,(H,18,20);1H/t12-,14-;8-,10-;/m00./s1. The summed E-state index contributed by atoms with van der Waals surface area (Å²) in [4.78, 5) is 35.7. The van der Waals surface area contributed by atoms with Gasteiger partial charge in [0, 0.05) is 69.5 Å². The number of morpholine rings is 2. The van der Waals surface area contributed by atoms with Crippen LogP contribution < -0.4 is 15.6 Å². The first-order chi connectivity index (χ1) is 23.4. The van der Waals surface area contributed by atoms with Gasteiger partial charge in [0.25, 0.3) is 5.56 Å². The lowest BCUT2D eigenvalue weighted by Crippen LogP contribution is -2.60. The second-order valence-electron chi connectivity index (χ2n) is 13.5. The highest BCUT2D eigenvalue weighted by Crippen LogP contribution is 2.36. The number of nitrogens with zero attached hydrogens (tertiary/aromatic N) is 4. The van der Waals surface area contributed by atoms with Gasteiger partial charge in [-0.05, 0) is 45.0 Å². The van der Waals surface area contributed by atoms with Crippen LogP contribution in [0.3, 0.4) is 0 Å². The molecule has 2 aromatic heterocycles. The van der Waals surface area contributed by atoms with Crippen LogP contribution in [0.2, 0.25) is 0 Å². The van der Waals surface area contributed by atoms with Crippen LogP contribution in [0.5, 0.6) is 5.88 Å². The van der Waals surface area contributed by atoms with Gasteiger partial charge in [-0.1, -0.05) is 0 Å². The number of ether oxygens (including phenoxy) is 4. The molecule has 51 heavy (non-hydrogen) atoms. The second-order valence-corrected chi connectivity index (χ2v) is 13.5. The number of carbonyl (C=O) groups is 1. The lowest BCUT2D eigenvalue weighted by molar-refractivity contribution is -0.142. The number of rotatable bonds is 3. The first-order valence-corrected chi connectivity index (χ1v) is 16.3. The smallest absolute Gasteiger partial charge is 0.433 e.